The number of hydrogen-bond acceptors (Lipinski definition) is 6. The van der Waals surface area contributed by atoms with Gasteiger partial charge in [0, 0.05) is 12.6 Å². The van der Waals surface area contributed by atoms with E-state index in [-0.39, 0.29) is 16.8 Å². The third-order valence-electron chi connectivity index (χ3n) is 4.20. The fourth-order valence-electron chi connectivity index (χ4n) is 2.56. The molecule has 8 nitrogen and oxygen atoms in total. The Balaban J connectivity index is 1.87. The second-order valence-electron chi connectivity index (χ2n) is 6.72. The maximum absolute atomic E-state index is 12.5. The number of ether oxygens (including phenoxy) is 1. The van der Waals surface area contributed by atoms with Crippen molar-refractivity contribution in [3.05, 3.63) is 65.7 Å². The van der Waals surface area contributed by atoms with Crippen molar-refractivity contribution in [1.29, 1.82) is 5.26 Å². The molecule has 0 spiro atoms. The summed E-state index contributed by atoms with van der Waals surface area (Å²) in [7, 11) is -3.94. The molecule has 2 rings (SSSR count). The topological polar surface area (TPSA) is 117 Å². The Bertz CT molecular complexity index is 1010. The summed E-state index contributed by atoms with van der Waals surface area (Å²) in [5, 5.41) is 8.76. The van der Waals surface area contributed by atoms with Crippen LogP contribution in [-0.4, -0.2) is 44.4 Å². The predicted molar refractivity (Wildman–Crippen MR) is 109 cm³/mol. The van der Waals surface area contributed by atoms with Gasteiger partial charge in [0.1, 0.15) is 6.54 Å². The van der Waals surface area contributed by atoms with E-state index < -0.39 is 29.1 Å². The lowest BCUT2D eigenvalue weighted by Gasteiger charge is -2.26. The van der Waals surface area contributed by atoms with Gasteiger partial charge in [0.25, 0.3) is 5.91 Å². The zero-order valence-electron chi connectivity index (χ0n) is 16.7. The predicted octanol–water partition coefficient (Wildman–Crippen LogP) is 1.82. The smallest absolute Gasteiger partial charge is 0.321 e. The summed E-state index contributed by atoms with van der Waals surface area (Å²) >= 11 is 0. The van der Waals surface area contributed by atoms with Gasteiger partial charge in [-0.2, -0.15) is 9.98 Å². The van der Waals surface area contributed by atoms with Crippen LogP contribution in [0.25, 0.3) is 0 Å². The van der Waals surface area contributed by atoms with E-state index in [0.29, 0.717) is 12.1 Å². The molecule has 0 unspecified atom stereocenters. The van der Waals surface area contributed by atoms with Gasteiger partial charge in [0.05, 0.1) is 16.5 Å². The molecule has 30 heavy (non-hydrogen) atoms. The van der Waals surface area contributed by atoms with Gasteiger partial charge in [-0.05, 0) is 43.7 Å². The summed E-state index contributed by atoms with van der Waals surface area (Å²) < 4.78 is 31.5. The minimum Gasteiger partial charge on any atom is -0.455 e. The number of esters is 1. The van der Waals surface area contributed by atoms with Gasteiger partial charge in [-0.15, -0.1) is 0 Å². The summed E-state index contributed by atoms with van der Waals surface area (Å²) in [4.78, 5) is 25.9. The standard InChI is InChI=1S/C21H23N3O5S/c1-16(2)24(14-18-6-4-3-5-7-18)20(25)15-29-21(26)13-23-30(27,28)19-10-8-17(12-22)9-11-19/h3-11,16,23H,13-15H2,1-2H3. The second kappa shape index (κ2) is 10.5. The van der Waals surface area contributed by atoms with Crippen LogP contribution in [0.4, 0.5) is 0 Å². The van der Waals surface area contributed by atoms with E-state index in [0.717, 1.165) is 5.56 Å². The Kier molecular flexibility index (Phi) is 8.09. The van der Waals surface area contributed by atoms with Gasteiger partial charge in [0.2, 0.25) is 10.0 Å². The minimum absolute atomic E-state index is 0.0841. The molecule has 0 saturated carbocycles. The molecule has 2 aromatic rings. The van der Waals surface area contributed by atoms with Crippen molar-refractivity contribution in [2.24, 2.45) is 0 Å². The van der Waals surface area contributed by atoms with Crippen molar-refractivity contribution < 1.29 is 22.7 Å². The first-order valence-corrected chi connectivity index (χ1v) is 10.7. The van der Waals surface area contributed by atoms with Crippen molar-refractivity contribution >= 4 is 21.9 Å². The van der Waals surface area contributed by atoms with Crippen LogP contribution < -0.4 is 4.72 Å². The largest absolute Gasteiger partial charge is 0.455 e. The number of nitrogens with zero attached hydrogens (tertiary/aromatic N) is 2. The average molecular weight is 429 g/mol. The molecular weight excluding hydrogens is 406 g/mol. The lowest BCUT2D eigenvalue weighted by Crippen LogP contribution is -2.40. The molecule has 0 radical (unpaired) electrons. The first-order valence-electron chi connectivity index (χ1n) is 9.22. The van der Waals surface area contributed by atoms with Crippen molar-refractivity contribution in [1.82, 2.24) is 9.62 Å². The molecule has 0 bridgehead atoms. The zero-order chi connectivity index (χ0) is 22.1. The number of carbonyl (C=O) groups excluding carboxylic acids is 2. The number of hydrogen-bond donors (Lipinski definition) is 1. The second-order valence-corrected chi connectivity index (χ2v) is 8.49. The van der Waals surface area contributed by atoms with Crippen LogP contribution in [0.1, 0.15) is 25.0 Å². The summed E-state index contributed by atoms with van der Waals surface area (Å²) in [5.74, 6) is -1.25. The van der Waals surface area contributed by atoms with Crippen molar-refractivity contribution in [3.8, 4) is 6.07 Å². The van der Waals surface area contributed by atoms with E-state index in [2.05, 4.69) is 4.72 Å². The van der Waals surface area contributed by atoms with Crippen LogP contribution >= 0.6 is 0 Å². The number of benzene rings is 2. The molecule has 0 fully saturated rings. The monoisotopic (exact) mass is 429 g/mol. The van der Waals surface area contributed by atoms with E-state index in [4.69, 9.17) is 10.00 Å². The maximum Gasteiger partial charge on any atom is 0.321 e. The number of rotatable bonds is 9. The van der Waals surface area contributed by atoms with Gasteiger partial charge in [0.15, 0.2) is 6.61 Å². The van der Waals surface area contributed by atoms with Gasteiger partial charge in [-0.1, -0.05) is 30.3 Å². The highest BCUT2D eigenvalue weighted by Gasteiger charge is 2.20. The molecule has 1 amide bonds. The molecule has 0 heterocycles. The van der Waals surface area contributed by atoms with E-state index >= 15 is 0 Å². The highest BCUT2D eigenvalue weighted by atomic mass is 32.2. The molecule has 0 atom stereocenters. The van der Waals surface area contributed by atoms with Crippen LogP contribution in [0.3, 0.4) is 0 Å². The molecule has 0 aliphatic carbocycles. The normalized spacial score (nSPS) is 11.0. The van der Waals surface area contributed by atoms with Gasteiger partial charge >= 0.3 is 5.97 Å². The highest BCUT2D eigenvalue weighted by Crippen LogP contribution is 2.10. The van der Waals surface area contributed by atoms with Crippen molar-refractivity contribution in [2.75, 3.05) is 13.2 Å². The molecule has 1 N–H and O–H groups in total. The summed E-state index contributed by atoms with van der Waals surface area (Å²) in [6, 6.07) is 16.5. The lowest BCUT2D eigenvalue weighted by molar-refractivity contribution is -0.152. The number of amides is 1. The zero-order valence-corrected chi connectivity index (χ0v) is 17.6. The van der Waals surface area contributed by atoms with Gasteiger partial charge in [-0.3, -0.25) is 9.59 Å². The summed E-state index contributed by atoms with van der Waals surface area (Å²) in [5.41, 5.74) is 1.26. The number of sulfonamides is 1. The SMILES string of the molecule is CC(C)N(Cc1ccccc1)C(=O)COC(=O)CNS(=O)(=O)c1ccc(C#N)cc1. The van der Waals surface area contributed by atoms with Crippen LogP contribution in [0.15, 0.2) is 59.5 Å². The number of nitrogens with one attached hydrogen (secondary N) is 1. The van der Waals surface area contributed by atoms with E-state index in [9.17, 15) is 18.0 Å². The van der Waals surface area contributed by atoms with E-state index in [1.165, 1.54) is 24.3 Å². The minimum atomic E-state index is -3.94. The quantitative estimate of drug-likeness (QED) is 0.608. The molecule has 0 saturated heterocycles. The molecule has 0 aliphatic rings. The van der Waals surface area contributed by atoms with Crippen LogP contribution in [-0.2, 0) is 30.9 Å². The molecule has 158 valence electrons. The number of nitriles is 1. The molecule has 2 aromatic carbocycles. The molecule has 0 aromatic heterocycles. The highest BCUT2D eigenvalue weighted by molar-refractivity contribution is 7.89. The number of carbonyl (C=O) groups is 2. The fourth-order valence-corrected chi connectivity index (χ4v) is 3.53. The third kappa shape index (κ3) is 6.69. The fraction of sp³-hybridized carbons (Fsp3) is 0.286. The third-order valence-corrected chi connectivity index (χ3v) is 5.61. The van der Waals surface area contributed by atoms with Crippen molar-refractivity contribution in [2.45, 2.75) is 31.3 Å². The Hall–Kier alpha value is -3.22. The Labute approximate surface area is 176 Å². The molecule has 9 heteroatoms. The van der Waals surface area contributed by atoms with E-state index in [1.54, 1.807) is 4.90 Å². The lowest BCUT2D eigenvalue weighted by atomic mass is 10.2. The van der Waals surface area contributed by atoms with E-state index in [1.807, 2.05) is 50.2 Å². The van der Waals surface area contributed by atoms with Crippen LogP contribution in [0.2, 0.25) is 0 Å². The van der Waals surface area contributed by atoms with Crippen LogP contribution in [0.5, 0.6) is 0 Å². The van der Waals surface area contributed by atoms with Crippen molar-refractivity contribution in [3.63, 3.8) is 0 Å². The Morgan fingerprint density at radius 2 is 1.73 bits per heavy atom. The molecule has 0 aliphatic heterocycles. The first-order chi connectivity index (χ1) is 14.2. The summed E-state index contributed by atoms with van der Waals surface area (Å²) in [6.45, 7) is 2.99. The van der Waals surface area contributed by atoms with Gasteiger partial charge in [-0.25, -0.2) is 8.42 Å². The first kappa shape index (κ1) is 23.1. The maximum atomic E-state index is 12.5. The van der Waals surface area contributed by atoms with Gasteiger partial charge < -0.3 is 9.64 Å². The molecular formula is C21H23N3O5S. The van der Waals surface area contributed by atoms with Crippen LogP contribution in [0, 0.1) is 11.3 Å². The Morgan fingerprint density at radius 3 is 2.30 bits per heavy atom. The summed E-state index contributed by atoms with van der Waals surface area (Å²) in [6.07, 6.45) is 0. The Morgan fingerprint density at radius 1 is 1.10 bits per heavy atom. The average Bonchev–Trinajstić information content (AvgIpc) is 2.75.